The van der Waals surface area contributed by atoms with Gasteiger partial charge in [-0.15, -0.1) is 0 Å². The Morgan fingerprint density at radius 3 is 2.77 bits per heavy atom. The summed E-state index contributed by atoms with van der Waals surface area (Å²) in [5, 5.41) is 5.57. The lowest BCUT2D eigenvalue weighted by molar-refractivity contribution is -0.121. The Labute approximate surface area is 129 Å². The van der Waals surface area contributed by atoms with Crippen molar-refractivity contribution in [3.63, 3.8) is 0 Å². The summed E-state index contributed by atoms with van der Waals surface area (Å²) in [6.45, 7) is 4.61. The Morgan fingerprint density at radius 2 is 2.00 bits per heavy atom. The first-order chi connectivity index (χ1) is 10.6. The van der Waals surface area contributed by atoms with Crippen LogP contribution in [0.5, 0.6) is 0 Å². The molecule has 22 heavy (non-hydrogen) atoms. The Hall–Kier alpha value is -2.37. The molecule has 2 rings (SSSR count). The Morgan fingerprint density at radius 1 is 1.23 bits per heavy atom. The fourth-order valence-corrected chi connectivity index (χ4v) is 2.37. The molecular weight excluding hydrogens is 280 g/mol. The molecule has 0 aliphatic rings. The van der Waals surface area contributed by atoms with E-state index in [1.807, 2.05) is 35.7 Å². The van der Waals surface area contributed by atoms with E-state index < -0.39 is 0 Å². The van der Waals surface area contributed by atoms with E-state index in [0.29, 0.717) is 25.9 Å². The molecule has 0 atom stereocenters. The van der Waals surface area contributed by atoms with Gasteiger partial charge in [0.2, 0.25) is 11.8 Å². The molecule has 2 aromatic rings. The predicted octanol–water partition coefficient (Wildman–Crippen LogP) is 1.22. The summed E-state index contributed by atoms with van der Waals surface area (Å²) in [5.74, 6) is -0.0254. The van der Waals surface area contributed by atoms with Gasteiger partial charge in [0.25, 0.3) is 0 Å². The predicted molar refractivity (Wildman–Crippen MR) is 84.6 cm³/mol. The summed E-state index contributed by atoms with van der Waals surface area (Å²) < 4.78 is 2.03. The van der Waals surface area contributed by atoms with Crippen LogP contribution in [0.3, 0.4) is 0 Å². The van der Waals surface area contributed by atoms with Crippen LogP contribution < -0.4 is 10.6 Å². The number of aromatic nitrogens is 2. The van der Waals surface area contributed by atoms with Crippen molar-refractivity contribution in [2.45, 2.75) is 33.1 Å². The summed E-state index contributed by atoms with van der Waals surface area (Å²) in [6.07, 6.45) is 3.80. The lowest BCUT2D eigenvalue weighted by Crippen LogP contribution is -2.29. The average Bonchev–Trinajstić information content (AvgIpc) is 2.80. The van der Waals surface area contributed by atoms with E-state index in [9.17, 15) is 9.59 Å². The molecule has 0 saturated carbocycles. The SMILES string of the molecule is CC(=O)NCCCNC(=O)CCc1c(C)nc2ccccn12. The Balaban J connectivity index is 1.78. The molecule has 0 radical (unpaired) electrons. The van der Waals surface area contributed by atoms with Crippen molar-refractivity contribution in [2.24, 2.45) is 0 Å². The first-order valence-corrected chi connectivity index (χ1v) is 7.51. The zero-order chi connectivity index (χ0) is 15.9. The average molecular weight is 302 g/mol. The summed E-state index contributed by atoms with van der Waals surface area (Å²) >= 11 is 0. The fourth-order valence-electron chi connectivity index (χ4n) is 2.37. The van der Waals surface area contributed by atoms with Gasteiger partial charge in [-0.2, -0.15) is 0 Å². The lowest BCUT2D eigenvalue weighted by Gasteiger charge is -2.06. The van der Waals surface area contributed by atoms with Crippen LogP contribution in [0.2, 0.25) is 0 Å². The molecule has 0 spiro atoms. The minimum Gasteiger partial charge on any atom is -0.356 e. The summed E-state index contributed by atoms with van der Waals surface area (Å²) in [5.41, 5.74) is 2.94. The molecule has 2 aromatic heterocycles. The molecule has 6 nitrogen and oxygen atoms in total. The molecule has 0 unspecified atom stereocenters. The first-order valence-electron chi connectivity index (χ1n) is 7.51. The molecule has 118 valence electrons. The van der Waals surface area contributed by atoms with Crippen molar-refractivity contribution in [3.05, 3.63) is 35.8 Å². The number of fused-ring (bicyclic) bond motifs is 1. The second-order valence-electron chi connectivity index (χ2n) is 5.26. The number of nitrogens with one attached hydrogen (secondary N) is 2. The van der Waals surface area contributed by atoms with Crippen molar-refractivity contribution < 1.29 is 9.59 Å². The Bertz CT molecular complexity index is 663. The van der Waals surface area contributed by atoms with Gasteiger partial charge in [-0.1, -0.05) is 6.07 Å². The van der Waals surface area contributed by atoms with Gasteiger partial charge in [0.1, 0.15) is 5.65 Å². The van der Waals surface area contributed by atoms with Crippen LogP contribution in [0.1, 0.15) is 31.2 Å². The van der Waals surface area contributed by atoms with Crippen LogP contribution >= 0.6 is 0 Å². The second-order valence-corrected chi connectivity index (χ2v) is 5.26. The van der Waals surface area contributed by atoms with Gasteiger partial charge in [0.15, 0.2) is 0 Å². The minimum absolute atomic E-state index is 0.0214. The maximum atomic E-state index is 11.9. The van der Waals surface area contributed by atoms with E-state index in [4.69, 9.17) is 0 Å². The van der Waals surface area contributed by atoms with Gasteiger partial charge in [0, 0.05) is 38.3 Å². The largest absolute Gasteiger partial charge is 0.356 e. The first kappa shape index (κ1) is 16.0. The van der Waals surface area contributed by atoms with Gasteiger partial charge in [-0.05, 0) is 31.9 Å². The number of nitrogens with zero attached hydrogens (tertiary/aromatic N) is 2. The molecular formula is C16H22N4O2. The van der Waals surface area contributed by atoms with Crippen molar-refractivity contribution in [2.75, 3.05) is 13.1 Å². The van der Waals surface area contributed by atoms with E-state index in [0.717, 1.165) is 23.5 Å². The standard InChI is InChI=1S/C16H22N4O2/c1-12-14(20-11-4-3-6-15(20)19-12)7-8-16(22)18-10-5-9-17-13(2)21/h3-4,6,11H,5,7-10H2,1-2H3,(H,17,21)(H,18,22). The number of rotatable bonds is 7. The van der Waals surface area contributed by atoms with Crippen LogP contribution in [0, 0.1) is 6.92 Å². The molecule has 0 aliphatic carbocycles. The monoisotopic (exact) mass is 302 g/mol. The molecule has 2 N–H and O–H groups in total. The number of hydrogen-bond acceptors (Lipinski definition) is 3. The van der Waals surface area contributed by atoms with E-state index in [2.05, 4.69) is 15.6 Å². The molecule has 0 saturated heterocycles. The summed E-state index contributed by atoms with van der Waals surface area (Å²) in [7, 11) is 0. The maximum absolute atomic E-state index is 11.9. The van der Waals surface area contributed by atoms with Crippen LogP contribution in [0.15, 0.2) is 24.4 Å². The molecule has 0 fully saturated rings. The third-order valence-electron chi connectivity index (χ3n) is 3.47. The van der Waals surface area contributed by atoms with Gasteiger partial charge in [-0.25, -0.2) is 4.98 Å². The third-order valence-corrected chi connectivity index (χ3v) is 3.47. The fraction of sp³-hybridized carbons (Fsp3) is 0.438. The van der Waals surface area contributed by atoms with Crippen molar-refractivity contribution >= 4 is 17.5 Å². The number of carbonyl (C=O) groups is 2. The lowest BCUT2D eigenvalue weighted by atomic mass is 10.2. The number of pyridine rings is 1. The molecule has 6 heteroatoms. The topological polar surface area (TPSA) is 75.5 Å². The van der Waals surface area contributed by atoms with E-state index in [1.54, 1.807) is 0 Å². The quantitative estimate of drug-likeness (QED) is 0.755. The van der Waals surface area contributed by atoms with Gasteiger partial charge in [0.05, 0.1) is 5.69 Å². The zero-order valence-corrected chi connectivity index (χ0v) is 13.1. The summed E-state index contributed by atoms with van der Waals surface area (Å²) in [6, 6.07) is 5.87. The molecule has 0 bridgehead atoms. The van der Waals surface area contributed by atoms with E-state index in [1.165, 1.54) is 6.92 Å². The molecule has 0 aliphatic heterocycles. The van der Waals surface area contributed by atoms with Gasteiger partial charge < -0.3 is 15.0 Å². The minimum atomic E-state index is -0.0468. The van der Waals surface area contributed by atoms with Crippen molar-refractivity contribution in [1.29, 1.82) is 0 Å². The number of hydrogen-bond donors (Lipinski definition) is 2. The van der Waals surface area contributed by atoms with Gasteiger partial charge >= 0.3 is 0 Å². The number of imidazole rings is 1. The van der Waals surface area contributed by atoms with Crippen LogP contribution in [0.4, 0.5) is 0 Å². The molecule has 0 aromatic carbocycles. The molecule has 2 amide bonds. The molecule has 2 heterocycles. The second kappa shape index (κ2) is 7.59. The highest BCUT2D eigenvalue weighted by Crippen LogP contribution is 2.13. The summed E-state index contributed by atoms with van der Waals surface area (Å²) in [4.78, 5) is 27.0. The van der Waals surface area contributed by atoms with Crippen LogP contribution in [-0.4, -0.2) is 34.3 Å². The number of carbonyl (C=O) groups excluding carboxylic acids is 2. The van der Waals surface area contributed by atoms with Gasteiger partial charge in [-0.3, -0.25) is 9.59 Å². The maximum Gasteiger partial charge on any atom is 0.220 e. The Kier molecular flexibility index (Phi) is 5.52. The number of aryl methyl sites for hydroxylation is 2. The smallest absolute Gasteiger partial charge is 0.220 e. The van der Waals surface area contributed by atoms with Crippen LogP contribution in [0.25, 0.3) is 5.65 Å². The highest BCUT2D eigenvalue weighted by Gasteiger charge is 2.10. The van der Waals surface area contributed by atoms with E-state index >= 15 is 0 Å². The highest BCUT2D eigenvalue weighted by atomic mass is 16.2. The van der Waals surface area contributed by atoms with E-state index in [-0.39, 0.29) is 11.8 Å². The number of amides is 2. The normalized spacial score (nSPS) is 10.6. The highest BCUT2D eigenvalue weighted by molar-refractivity contribution is 5.76. The van der Waals surface area contributed by atoms with Crippen molar-refractivity contribution in [3.8, 4) is 0 Å². The zero-order valence-electron chi connectivity index (χ0n) is 13.1. The van der Waals surface area contributed by atoms with Crippen LogP contribution in [-0.2, 0) is 16.0 Å². The third kappa shape index (κ3) is 4.31. The van der Waals surface area contributed by atoms with Crippen molar-refractivity contribution in [1.82, 2.24) is 20.0 Å².